The smallest absolute Gasteiger partial charge is 0.269 e. The third-order valence-electron chi connectivity index (χ3n) is 14.6. The number of aromatic nitrogens is 4. The molecule has 0 aliphatic rings. The zero-order valence-electron chi connectivity index (χ0n) is 48.7. The van der Waals surface area contributed by atoms with Crippen molar-refractivity contribution in [2.45, 2.75) is 158 Å². The SMILES string of the molecule is CC(C)c1cccc(C(C)C)c1-n1[c-][n+](-c2c(C(C)C)cccc2C(C)C)c2ccccc21.CC(C)c1cccc(C(C)C)c1-n1[c-][n+](-c2c(C(C)C)cccc2C(C)C)c2ccccc21.[Au].[Au].[c-]1ccc(-c2cc[c-]s2)s1. The number of hydrogen-bond acceptors (Lipinski definition) is 2. The summed E-state index contributed by atoms with van der Waals surface area (Å²) in [5.41, 5.74) is 20.9. The predicted molar refractivity (Wildman–Crippen MR) is 325 cm³/mol. The third-order valence-corrected chi connectivity index (χ3v) is 16.4. The largest absolute Gasteiger partial charge is 0.309 e. The first-order valence-corrected chi connectivity index (χ1v) is 29.4. The molecule has 0 aliphatic heterocycles. The number of thiophene rings is 2. The van der Waals surface area contributed by atoms with Crippen LogP contribution in [0.5, 0.6) is 0 Å². The van der Waals surface area contributed by atoms with E-state index < -0.39 is 0 Å². The van der Waals surface area contributed by atoms with Crippen LogP contribution in [0, 0.1) is 23.4 Å². The third kappa shape index (κ3) is 13.2. The maximum Gasteiger partial charge on any atom is 0.269 e. The quantitative estimate of drug-likeness (QED) is 0.0622. The number of para-hydroxylation sites is 8. The standard InChI is InChI=1S/2C31H38N2.C8H4S2.2Au/c2*1-20(2)24-13-11-14-25(21(3)4)30(24)32-19-33(29-18-10-9-17-28(29)32)31-26(22(5)6)15-12-16-27(31)23(7)8;1-3-7(9-5-1)8-4-2-6-10-8;;/h2*9-18,20-23H,1-8H3;1-4H;;/q;;-2;;. The Hall–Kier alpha value is -4.86. The Kier molecular flexibility index (Phi) is 22.0. The van der Waals surface area contributed by atoms with Gasteiger partial charge in [0.25, 0.3) is 12.7 Å². The maximum absolute atomic E-state index is 3.84. The van der Waals surface area contributed by atoms with Gasteiger partial charge in [-0.3, -0.25) is 18.3 Å². The van der Waals surface area contributed by atoms with E-state index in [1.807, 2.05) is 12.1 Å². The van der Waals surface area contributed by atoms with Crippen molar-refractivity contribution in [3.63, 3.8) is 0 Å². The van der Waals surface area contributed by atoms with Gasteiger partial charge in [0.15, 0.2) is 0 Å². The number of imidazole rings is 2. The van der Waals surface area contributed by atoms with Gasteiger partial charge in [-0.15, -0.1) is 10.8 Å². The molecule has 10 aromatic rings. The molecule has 0 atom stereocenters. The van der Waals surface area contributed by atoms with E-state index in [-0.39, 0.29) is 44.8 Å². The minimum absolute atomic E-state index is 0. The summed E-state index contributed by atoms with van der Waals surface area (Å²) in [7, 11) is 0. The van der Waals surface area contributed by atoms with Gasteiger partial charge in [-0.1, -0.05) is 232 Å². The normalized spacial score (nSPS) is 11.5. The van der Waals surface area contributed by atoms with Gasteiger partial charge in [0, 0.05) is 44.8 Å². The summed E-state index contributed by atoms with van der Waals surface area (Å²) in [5, 5.41) is 6.10. The zero-order valence-corrected chi connectivity index (χ0v) is 54.6. The number of fused-ring (bicyclic) bond motifs is 2. The van der Waals surface area contributed by atoms with Crippen LogP contribution >= 0.6 is 22.7 Å². The average molecular weight is 1440 g/mol. The Morgan fingerprint density at radius 1 is 0.321 bits per heavy atom. The maximum atomic E-state index is 3.84. The first-order valence-electron chi connectivity index (χ1n) is 27.7. The molecule has 0 saturated heterocycles. The number of rotatable bonds is 13. The molecular weight excluding hydrogens is 1350 g/mol. The molecule has 4 aromatic heterocycles. The number of hydrogen-bond donors (Lipinski definition) is 0. The van der Waals surface area contributed by atoms with E-state index in [9.17, 15) is 0 Å². The van der Waals surface area contributed by atoms with E-state index in [0.717, 1.165) is 0 Å². The molecule has 78 heavy (non-hydrogen) atoms. The van der Waals surface area contributed by atoms with Gasteiger partial charge in [-0.05, 0) is 91.9 Å². The summed E-state index contributed by atoms with van der Waals surface area (Å²) in [6.07, 6.45) is 7.67. The molecule has 8 heteroatoms. The van der Waals surface area contributed by atoms with Crippen LogP contribution in [0.2, 0.25) is 0 Å². The molecule has 0 unspecified atom stereocenters. The van der Waals surface area contributed by atoms with Gasteiger partial charge in [-0.25, -0.2) is 12.1 Å². The Bertz CT molecular complexity index is 2980. The van der Waals surface area contributed by atoms with E-state index >= 15 is 0 Å². The van der Waals surface area contributed by atoms with E-state index in [2.05, 4.69) is 286 Å². The Morgan fingerprint density at radius 2 is 0.577 bits per heavy atom. The average Bonchev–Trinajstić information content (AvgIpc) is 4.26. The summed E-state index contributed by atoms with van der Waals surface area (Å²) < 4.78 is 9.28. The second-order valence-corrected chi connectivity index (χ2v) is 24.5. The molecule has 10 rings (SSSR count). The van der Waals surface area contributed by atoms with Crippen molar-refractivity contribution in [3.8, 4) is 32.5 Å². The second kappa shape index (κ2) is 27.5. The molecule has 0 bridgehead atoms. The second-order valence-electron chi connectivity index (χ2n) is 22.7. The fourth-order valence-corrected chi connectivity index (χ4v) is 12.0. The van der Waals surface area contributed by atoms with E-state index in [4.69, 9.17) is 0 Å². The summed E-state index contributed by atoms with van der Waals surface area (Å²) >= 11 is 3.29. The van der Waals surface area contributed by atoms with Gasteiger partial charge in [-0.2, -0.15) is 21.9 Å². The van der Waals surface area contributed by atoms with Crippen molar-refractivity contribution >= 4 is 44.7 Å². The van der Waals surface area contributed by atoms with Crippen molar-refractivity contribution in [1.82, 2.24) is 9.13 Å². The number of benzene rings is 6. The van der Waals surface area contributed by atoms with Gasteiger partial charge in [0.05, 0.1) is 44.8 Å². The zero-order chi connectivity index (χ0) is 54.5. The van der Waals surface area contributed by atoms with Crippen molar-refractivity contribution < 1.29 is 53.9 Å². The minimum atomic E-state index is 0. The van der Waals surface area contributed by atoms with Crippen LogP contribution in [0.25, 0.3) is 54.6 Å². The molecule has 0 aliphatic carbocycles. The molecule has 416 valence electrons. The molecule has 0 N–H and O–H groups in total. The van der Waals surface area contributed by atoms with Crippen molar-refractivity contribution in [3.05, 3.63) is 214 Å². The molecule has 6 aromatic carbocycles. The van der Waals surface area contributed by atoms with Crippen LogP contribution in [0.3, 0.4) is 0 Å². The van der Waals surface area contributed by atoms with Crippen molar-refractivity contribution in [2.75, 3.05) is 0 Å². The van der Waals surface area contributed by atoms with Crippen LogP contribution in [-0.4, -0.2) is 9.13 Å². The fourth-order valence-electron chi connectivity index (χ4n) is 10.6. The molecule has 0 amide bonds. The molecule has 0 fully saturated rings. The Balaban J connectivity index is 0.000000209. The molecule has 4 heterocycles. The fraction of sp³-hybridized carbons (Fsp3) is 0.343. The minimum Gasteiger partial charge on any atom is -0.309 e. The van der Waals surface area contributed by atoms with Crippen LogP contribution in [0.15, 0.2) is 146 Å². The van der Waals surface area contributed by atoms with Gasteiger partial charge >= 0.3 is 0 Å². The summed E-state index contributed by atoms with van der Waals surface area (Å²) in [5.74, 6) is 3.41. The topological polar surface area (TPSA) is 17.6 Å². The summed E-state index contributed by atoms with van der Waals surface area (Å²) in [4.78, 5) is 2.57. The van der Waals surface area contributed by atoms with E-state index in [0.29, 0.717) is 47.3 Å². The molecule has 0 spiro atoms. The first-order chi connectivity index (χ1) is 36.4. The van der Waals surface area contributed by atoms with Gasteiger partial charge in [0.1, 0.15) is 0 Å². The Morgan fingerprint density at radius 3 is 0.821 bits per heavy atom. The van der Waals surface area contributed by atoms with Crippen molar-refractivity contribution in [1.29, 1.82) is 0 Å². The monoisotopic (exact) mass is 1430 g/mol. The molecular formula is C70H80Au2N4S2-2. The van der Waals surface area contributed by atoms with Gasteiger partial charge < -0.3 is 22.7 Å². The van der Waals surface area contributed by atoms with Gasteiger partial charge in [0.2, 0.25) is 0 Å². The Labute approximate surface area is 507 Å². The van der Waals surface area contributed by atoms with Crippen LogP contribution < -0.4 is 9.13 Å². The van der Waals surface area contributed by atoms with E-state index in [1.54, 1.807) is 22.7 Å². The molecule has 0 saturated carbocycles. The summed E-state index contributed by atoms with van der Waals surface area (Å²) in [6.45, 7) is 36.6. The van der Waals surface area contributed by atoms with Crippen LogP contribution in [0.1, 0.15) is 203 Å². The van der Waals surface area contributed by atoms with Crippen molar-refractivity contribution in [2.24, 2.45) is 0 Å². The molecule has 4 nitrogen and oxygen atoms in total. The molecule has 2 radical (unpaired) electrons. The van der Waals surface area contributed by atoms with Crippen LogP contribution in [-0.2, 0) is 44.8 Å². The first kappa shape index (κ1) is 62.3. The number of nitrogens with zero attached hydrogens (tertiary/aromatic N) is 4. The summed E-state index contributed by atoms with van der Waals surface area (Å²) in [6, 6.07) is 52.6. The van der Waals surface area contributed by atoms with E-state index in [1.165, 1.54) is 99.1 Å². The van der Waals surface area contributed by atoms with Crippen LogP contribution in [0.4, 0.5) is 0 Å². The predicted octanol–water partition coefficient (Wildman–Crippen LogP) is 19.5.